The lowest BCUT2D eigenvalue weighted by molar-refractivity contribution is -0.276. The van der Waals surface area contributed by atoms with Gasteiger partial charge in [-0.15, -0.1) is 0 Å². The van der Waals surface area contributed by atoms with E-state index in [1.54, 1.807) is 42.6 Å². The number of hydrogen-bond donors (Lipinski definition) is 3. The molecule has 2 aliphatic heterocycles. The van der Waals surface area contributed by atoms with E-state index in [9.17, 15) is 18.3 Å². The van der Waals surface area contributed by atoms with E-state index in [-0.39, 0.29) is 41.4 Å². The van der Waals surface area contributed by atoms with Crippen LogP contribution in [0.1, 0.15) is 54.9 Å². The molecule has 4 aromatic carbocycles. The lowest BCUT2D eigenvalue weighted by Gasteiger charge is -2.44. The number of aromatic nitrogens is 3. The van der Waals surface area contributed by atoms with Gasteiger partial charge in [-0.1, -0.05) is 73.7 Å². The highest BCUT2D eigenvalue weighted by atomic mass is 32.2. The topological polar surface area (TPSA) is 139 Å². The molecular formula is C40H41N5O6S. The Kier molecular flexibility index (Phi) is 9.41. The number of rotatable bonds is 9. The molecule has 0 aliphatic carbocycles. The van der Waals surface area contributed by atoms with Crippen LogP contribution < -0.4 is 10.4 Å². The number of nitrogens with zero attached hydrogens (tertiary/aromatic N) is 3. The maximum absolute atomic E-state index is 13.6. The van der Waals surface area contributed by atoms with Gasteiger partial charge in [-0.2, -0.15) is 0 Å². The van der Waals surface area contributed by atoms with Crippen molar-refractivity contribution in [2.45, 2.75) is 55.8 Å². The number of aliphatic hydroxyl groups excluding tert-OH is 1. The third-order valence-electron chi connectivity index (χ3n) is 10.4. The number of H-pyrrole nitrogens is 1. The molecule has 11 nitrogen and oxygen atoms in total. The summed E-state index contributed by atoms with van der Waals surface area (Å²) < 4.78 is 45.3. The van der Waals surface area contributed by atoms with Crippen molar-refractivity contribution in [1.82, 2.24) is 19.4 Å². The molecule has 0 amide bonds. The van der Waals surface area contributed by atoms with Crippen LogP contribution >= 0.6 is 0 Å². The Bertz CT molecular complexity index is 2360. The van der Waals surface area contributed by atoms with Crippen LogP contribution in [0.3, 0.4) is 0 Å². The Hall–Kier alpha value is -4.85. The van der Waals surface area contributed by atoms with E-state index in [4.69, 9.17) is 9.47 Å². The first-order valence-corrected chi connectivity index (χ1v) is 19.1. The summed E-state index contributed by atoms with van der Waals surface area (Å²) in [4.78, 5) is 22.7. The largest absolute Gasteiger partial charge is 0.392 e. The summed E-state index contributed by atoms with van der Waals surface area (Å²) in [5.41, 5.74) is 4.97. The van der Waals surface area contributed by atoms with Gasteiger partial charge in [0.25, 0.3) is 10.0 Å². The second-order valence-electron chi connectivity index (χ2n) is 13.7. The van der Waals surface area contributed by atoms with Crippen LogP contribution in [-0.4, -0.2) is 58.7 Å². The van der Waals surface area contributed by atoms with Gasteiger partial charge in [-0.3, -0.25) is 14.3 Å². The van der Waals surface area contributed by atoms with Crippen molar-refractivity contribution in [3.05, 3.63) is 136 Å². The summed E-state index contributed by atoms with van der Waals surface area (Å²) in [5.74, 6) is -0.0225. The number of hydrogen-bond acceptors (Lipinski definition) is 8. The van der Waals surface area contributed by atoms with E-state index in [2.05, 4.69) is 26.5 Å². The van der Waals surface area contributed by atoms with Crippen molar-refractivity contribution in [1.29, 1.82) is 0 Å². The molecule has 4 unspecified atom stereocenters. The van der Waals surface area contributed by atoms with Crippen molar-refractivity contribution < 1.29 is 23.0 Å². The second-order valence-corrected chi connectivity index (χ2v) is 15.4. The average molecular weight is 720 g/mol. The fourth-order valence-corrected chi connectivity index (χ4v) is 8.86. The molecule has 0 bridgehead atoms. The first kappa shape index (κ1) is 34.2. The molecular weight excluding hydrogens is 679 g/mol. The Morgan fingerprint density at radius 1 is 0.904 bits per heavy atom. The van der Waals surface area contributed by atoms with E-state index in [0.717, 1.165) is 53.5 Å². The van der Waals surface area contributed by atoms with Crippen LogP contribution in [0.15, 0.2) is 119 Å². The number of imidazole rings is 1. The number of ether oxygens (including phenoxy) is 2. The number of benzene rings is 4. The standard InChI is InChI=1S/C40H41N5O6S/c1-26-35(24-44-21-18-32(19-22-44)45-34-12-3-2-11-33(34)42-40(45)47)50-39(51-38(26)29-16-14-27(25-46)15-17-29)30-8-4-10-31(23-30)43-52(48,49)36-13-5-7-28-9-6-20-41-37(28)36/h2-17,20,23,26,32,35,38-39,43,46H,18-19,21-22,24-25H2,1H3,(H,42,47). The molecule has 4 heterocycles. The van der Waals surface area contributed by atoms with Crippen molar-refractivity contribution in [3.63, 3.8) is 0 Å². The Balaban J connectivity index is 1.03. The highest BCUT2D eigenvalue weighted by molar-refractivity contribution is 7.93. The van der Waals surface area contributed by atoms with Gasteiger partial charge in [0.15, 0.2) is 6.29 Å². The van der Waals surface area contributed by atoms with Crippen molar-refractivity contribution in [2.75, 3.05) is 24.4 Å². The summed E-state index contributed by atoms with van der Waals surface area (Å²) in [7, 11) is -3.97. The lowest BCUT2D eigenvalue weighted by atomic mass is 9.89. The number of sulfonamides is 1. The van der Waals surface area contributed by atoms with Gasteiger partial charge in [0, 0.05) is 54.4 Å². The van der Waals surface area contributed by atoms with Gasteiger partial charge in [0.2, 0.25) is 0 Å². The molecule has 2 aromatic heterocycles. The van der Waals surface area contributed by atoms with Crippen LogP contribution in [0.25, 0.3) is 21.9 Å². The van der Waals surface area contributed by atoms with E-state index in [1.165, 1.54) is 0 Å². The SMILES string of the molecule is CC1C(CN2CCC(n3c(=O)[nH]c4ccccc43)CC2)OC(c2cccc(NS(=O)(=O)c3cccc4cccnc34)c2)OC1c1ccc(CO)cc1. The van der Waals surface area contributed by atoms with Crippen molar-refractivity contribution in [3.8, 4) is 0 Å². The number of para-hydroxylation sites is 3. The zero-order valence-electron chi connectivity index (χ0n) is 28.8. The maximum Gasteiger partial charge on any atom is 0.326 e. The summed E-state index contributed by atoms with van der Waals surface area (Å²) in [6.07, 6.45) is 1.96. The van der Waals surface area contributed by atoms with Gasteiger partial charge in [0.1, 0.15) is 4.90 Å². The predicted octanol–water partition coefficient (Wildman–Crippen LogP) is 6.30. The van der Waals surface area contributed by atoms with Crippen LogP contribution in [0.5, 0.6) is 0 Å². The molecule has 8 rings (SSSR count). The average Bonchev–Trinajstić information content (AvgIpc) is 3.51. The number of fused-ring (bicyclic) bond motifs is 2. The minimum Gasteiger partial charge on any atom is -0.392 e. The Morgan fingerprint density at radius 3 is 2.48 bits per heavy atom. The third-order valence-corrected chi connectivity index (χ3v) is 11.8. The normalized spacial score (nSPS) is 21.8. The van der Waals surface area contributed by atoms with E-state index >= 15 is 0 Å². The molecule has 0 spiro atoms. The number of pyridine rings is 1. The molecule has 0 saturated carbocycles. The second kappa shape index (κ2) is 14.3. The molecule has 0 radical (unpaired) electrons. The lowest BCUT2D eigenvalue weighted by Crippen LogP contribution is -2.47. The predicted molar refractivity (Wildman–Crippen MR) is 199 cm³/mol. The highest BCUT2D eigenvalue weighted by Crippen LogP contribution is 2.42. The quantitative estimate of drug-likeness (QED) is 0.158. The van der Waals surface area contributed by atoms with Crippen molar-refractivity contribution >= 4 is 37.6 Å². The summed E-state index contributed by atoms with van der Waals surface area (Å²) in [5, 5.41) is 10.4. The summed E-state index contributed by atoms with van der Waals surface area (Å²) in [6, 6.07) is 31.5. The van der Waals surface area contributed by atoms with Gasteiger partial charge in [0.05, 0.1) is 35.4 Å². The summed E-state index contributed by atoms with van der Waals surface area (Å²) in [6.45, 7) is 4.37. The zero-order chi connectivity index (χ0) is 35.8. The number of aromatic amines is 1. The molecule has 268 valence electrons. The fraction of sp³-hybridized carbons (Fsp3) is 0.300. The number of anilines is 1. The monoisotopic (exact) mass is 719 g/mol. The number of piperidine rings is 1. The first-order chi connectivity index (χ1) is 25.3. The highest BCUT2D eigenvalue weighted by Gasteiger charge is 2.40. The molecule has 2 saturated heterocycles. The van der Waals surface area contributed by atoms with E-state index in [0.29, 0.717) is 23.3 Å². The van der Waals surface area contributed by atoms with Crippen molar-refractivity contribution in [2.24, 2.45) is 5.92 Å². The van der Waals surface area contributed by atoms with Crippen LogP contribution in [0, 0.1) is 5.92 Å². The van der Waals surface area contributed by atoms with Gasteiger partial charge < -0.3 is 24.5 Å². The zero-order valence-corrected chi connectivity index (χ0v) is 29.6. The molecule has 52 heavy (non-hydrogen) atoms. The molecule has 2 fully saturated rings. The summed E-state index contributed by atoms with van der Waals surface area (Å²) >= 11 is 0. The van der Waals surface area contributed by atoms with Gasteiger partial charge in [-0.05, 0) is 60.4 Å². The minimum absolute atomic E-state index is 0.0225. The van der Waals surface area contributed by atoms with Crippen LogP contribution in [0.2, 0.25) is 0 Å². The third kappa shape index (κ3) is 6.75. The molecule has 6 aromatic rings. The van der Waals surface area contributed by atoms with Gasteiger partial charge >= 0.3 is 5.69 Å². The van der Waals surface area contributed by atoms with Crippen LogP contribution in [-0.2, 0) is 26.1 Å². The first-order valence-electron chi connectivity index (χ1n) is 17.7. The molecule has 2 aliphatic rings. The molecule has 3 N–H and O–H groups in total. The maximum atomic E-state index is 13.6. The minimum atomic E-state index is -3.97. The number of nitrogens with one attached hydrogen (secondary N) is 2. The Morgan fingerprint density at radius 2 is 1.67 bits per heavy atom. The molecule has 12 heteroatoms. The molecule has 4 atom stereocenters. The number of likely N-dealkylation sites (tertiary alicyclic amines) is 1. The van der Waals surface area contributed by atoms with E-state index < -0.39 is 16.3 Å². The van der Waals surface area contributed by atoms with E-state index in [1.807, 2.05) is 71.3 Å². The fourth-order valence-electron chi connectivity index (χ4n) is 7.63. The van der Waals surface area contributed by atoms with Gasteiger partial charge in [-0.25, -0.2) is 13.2 Å². The number of aliphatic hydroxyl groups is 1. The van der Waals surface area contributed by atoms with Crippen LogP contribution in [0.4, 0.5) is 5.69 Å². The Labute approximate surface area is 301 Å². The smallest absolute Gasteiger partial charge is 0.326 e.